The summed E-state index contributed by atoms with van der Waals surface area (Å²) in [5, 5.41) is 8.98. The summed E-state index contributed by atoms with van der Waals surface area (Å²) in [5.74, 6) is 0.302. The van der Waals surface area contributed by atoms with Crippen LogP contribution in [0.1, 0.15) is 19.8 Å². The maximum atomic E-state index is 13.6. The lowest BCUT2D eigenvalue weighted by Crippen LogP contribution is -2.21. The first-order chi connectivity index (χ1) is 9.15. The van der Waals surface area contributed by atoms with Crippen LogP contribution in [0.2, 0.25) is 0 Å². The Kier molecular flexibility index (Phi) is 4.47. The van der Waals surface area contributed by atoms with Gasteiger partial charge < -0.3 is 20.5 Å². The number of hydrogen-bond acceptors (Lipinski definition) is 4. The fourth-order valence-corrected chi connectivity index (χ4v) is 2.57. The van der Waals surface area contributed by atoms with Gasteiger partial charge in [0.15, 0.2) is 11.6 Å². The second kappa shape index (κ2) is 6.10. The standard InChI is InChI=1S/C14H21FN2O2/c1-2-19-14-8-13(12(16)7-11(14)15)17-5-3-10(9-17)4-6-18/h7-8,10,18H,2-6,9,16H2,1H3. The fourth-order valence-electron chi connectivity index (χ4n) is 2.57. The summed E-state index contributed by atoms with van der Waals surface area (Å²) in [6.45, 7) is 4.19. The topological polar surface area (TPSA) is 58.7 Å². The molecule has 1 unspecified atom stereocenters. The SMILES string of the molecule is CCOc1cc(N2CCC(CCO)C2)c(N)cc1F. The highest BCUT2D eigenvalue weighted by molar-refractivity contribution is 5.70. The largest absolute Gasteiger partial charge is 0.491 e. The third kappa shape index (κ3) is 3.10. The number of nitrogens with zero attached hydrogens (tertiary/aromatic N) is 1. The van der Waals surface area contributed by atoms with Crippen LogP contribution in [-0.4, -0.2) is 31.4 Å². The summed E-state index contributed by atoms with van der Waals surface area (Å²) >= 11 is 0. The van der Waals surface area contributed by atoms with Crippen molar-refractivity contribution in [3.05, 3.63) is 17.9 Å². The molecule has 3 N–H and O–H groups in total. The minimum atomic E-state index is -0.422. The smallest absolute Gasteiger partial charge is 0.167 e. The number of nitrogens with two attached hydrogens (primary N) is 1. The molecule has 1 saturated heterocycles. The van der Waals surface area contributed by atoms with E-state index in [4.69, 9.17) is 15.6 Å². The van der Waals surface area contributed by atoms with Crippen molar-refractivity contribution in [3.8, 4) is 5.75 Å². The van der Waals surface area contributed by atoms with Crippen LogP contribution in [0.4, 0.5) is 15.8 Å². The third-order valence-electron chi connectivity index (χ3n) is 3.54. The van der Waals surface area contributed by atoms with E-state index in [1.54, 1.807) is 6.07 Å². The van der Waals surface area contributed by atoms with Crippen molar-refractivity contribution < 1.29 is 14.2 Å². The average Bonchev–Trinajstić information content (AvgIpc) is 2.82. The number of aliphatic hydroxyl groups excluding tert-OH is 1. The molecule has 0 amide bonds. The van der Waals surface area contributed by atoms with E-state index >= 15 is 0 Å². The van der Waals surface area contributed by atoms with Gasteiger partial charge in [-0.25, -0.2) is 4.39 Å². The second-order valence-corrected chi connectivity index (χ2v) is 4.89. The molecule has 0 radical (unpaired) electrons. The summed E-state index contributed by atoms with van der Waals surface area (Å²) in [7, 11) is 0. The molecule has 1 heterocycles. The molecule has 19 heavy (non-hydrogen) atoms. The predicted molar refractivity (Wildman–Crippen MR) is 74.0 cm³/mol. The van der Waals surface area contributed by atoms with Crippen molar-refractivity contribution in [2.24, 2.45) is 5.92 Å². The van der Waals surface area contributed by atoms with E-state index in [9.17, 15) is 4.39 Å². The molecule has 0 aromatic heterocycles. The van der Waals surface area contributed by atoms with E-state index in [-0.39, 0.29) is 12.4 Å². The highest BCUT2D eigenvalue weighted by Gasteiger charge is 2.24. The molecule has 1 aliphatic rings. The van der Waals surface area contributed by atoms with Crippen molar-refractivity contribution in [2.45, 2.75) is 19.8 Å². The Bertz CT molecular complexity index is 440. The van der Waals surface area contributed by atoms with Gasteiger partial charge in [-0.1, -0.05) is 0 Å². The molecule has 1 atom stereocenters. The summed E-state index contributed by atoms with van der Waals surface area (Å²) < 4.78 is 18.9. The van der Waals surface area contributed by atoms with Gasteiger partial charge in [0.2, 0.25) is 0 Å². The molecule has 0 aliphatic carbocycles. The molecule has 1 fully saturated rings. The van der Waals surface area contributed by atoms with Gasteiger partial charge in [-0.05, 0) is 25.7 Å². The van der Waals surface area contributed by atoms with E-state index in [0.717, 1.165) is 31.6 Å². The quantitative estimate of drug-likeness (QED) is 0.802. The lowest BCUT2D eigenvalue weighted by Gasteiger charge is -2.21. The van der Waals surface area contributed by atoms with Gasteiger partial charge in [-0.3, -0.25) is 0 Å². The molecular weight excluding hydrogens is 247 g/mol. The minimum Gasteiger partial charge on any atom is -0.491 e. The number of nitrogen functional groups attached to an aromatic ring is 1. The predicted octanol–water partition coefficient (Wildman–Crippen LogP) is 2.02. The number of halogens is 1. The van der Waals surface area contributed by atoms with Gasteiger partial charge in [0.25, 0.3) is 0 Å². The second-order valence-electron chi connectivity index (χ2n) is 4.89. The first-order valence-corrected chi connectivity index (χ1v) is 6.73. The summed E-state index contributed by atoms with van der Waals surface area (Å²) in [6, 6.07) is 3.00. The Morgan fingerprint density at radius 3 is 3.00 bits per heavy atom. The zero-order chi connectivity index (χ0) is 13.8. The van der Waals surface area contributed by atoms with E-state index in [1.165, 1.54) is 6.07 Å². The van der Waals surface area contributed by atoms with Gasteiger partial charge in [-0.15, -0.1) is 0 Å². The van der Waals surface area contributed by atoms with Crippen LogP contribution in [0.15, 0.2) is 12.1 Å². The molecule has 2 rings (SSSR count). The van der Waals surface area contributed by atoms with E-state index < -0.39 is 5.82 Å². The van der Waals surface area contributed by atoms with Crippen LogP contribution in [0.3, 0.4) is 0 Å². The van der Waals surface area contributed by atoms with Crippen LogP contribution >= 0.6 is 0 Å². The van der Waals surface area contributed by atoms with Gasteiger partial charge in [0.05, 0.1) is 18.0 Å². The number of aliphatic hydroxyl groups is 1. The minimum absolute atomic E-state index is 0.210. The van der Waals surface area contributed by atoms with E-state index in [0.29, 0.717) is 18.2 Å². The molecule has 1 aliphatic heterocycles. The number of hydrogen-bond donors (Lipinski definition) is 2. The Morgan fingerprint density at radius 1 is 1.53 bits per heavy atom. The number of anilines is 2. The highest BCUT2D eigenvalue weighted by Crippen LogP contribution is 2.34. The van der Waals surface area contributed by atoms with E-state index in [2.05, 4.69) is 4.90 Å². The van der Waals surface area contributed by atoms with Crippen LogP contribution in [0, 0.1) is 11.7 Å². The Balaban J connectivity index is 2.18. The molecule has 1 aromatic carbocycles. The Morgan fingerprint density at radius 2 is 2.32 bits per heavy atom. The number of benzene rings is 1. The molecule has 106 valence electrons. The van der Waals surface area contributed by atoms with Crippen LogP contribution < -0.4 is 15.4 Å². The summed E-state index contributed by atoms with van der Waals surface area (Å²) in [6.07, 6.45) is 1.83. The highest BCUT2D eigenvalue weighted by atomic mass is 19.1. The summed E-state index contributed by atoms with van der Waals surface area (Å²) in [4.78, 5) is 2.14. The van der Waals surface area contributed by atoms with Crippen LogP contribution in [0.25, 0.3) is 0 Å². The van der Waals surface area contributed by atoms with Gasteiger partial charge >= 0.3 is 0 Å². The Hall–Kier alpha value is -1.49. The molecule has 5 heteroatoms. The number of rotatable bonds is 5. The first-order valence-electron chi connectivity index (χ1n) is 6.73. The first kappa shape index (κ1) is 13.9. The lowest BCUT2D eigenvalue weighted by molar-refractivity contribution is 0.263. The normalized spacial score (nSPS) is 18.9. The van der Waals surface area contributed by atoms with Crippen LogP contribution in [-0.2, 0) is 0 Å². The molecule has 0 spiro atoms. The van der Waals surface area contributed by atoms with Crippen molar-refractivity contribution in [1.29, 1.82) is 0 Å². The monoisotopic (exact) mass is 268 g/mol. The Labute approximate surface area is 113 Å². The molecule has 0 bridgehead atoms. The molecule has 0 saturated carbocycles. The van der Waals surface area contributed by atoms with Crippen molar-refractivity contribution in [2.75, 3.05) is 36.9 Å². The van der Waals surface area contributed by atoms with Gasteiger partial charge in [0, 0.05) is 31.8 Å². The molecule has 4 nitrogen and oxygen atoms in total. The van der Waals surface area contributed by atoms with Crippen molar-refractivity contribution in [1.82, 2.24) is 0 Å². The van der Waals surface area contributed by atoms with Crippen LogP contribution in [0.5, 0.6) is 5.75 Å². The third-order valence-corrected chi connectivity index (χ3v) is 3.54. The summed E-state index contributed by atoms with van der Waals surface area (Å²) in [5.41, 5.74) is 7.16. The zero-order valence-electron chi connectivity index (χ0n) is 11.2. The van der Waals surface area contributed by atoms with Gasteiger partial charge in [-0.2, -0.15) is 0 Å². The molecule has 1 aromatic rings. The van der Waals surface area contributed by atoms with Crippen molar-refractivity contribution in [3.63, 3.8) is 0 Å². The van der Waals surface area contributed by atoms with Gasteiger partial charge in [0.1, 0.15) is 0 Å². The average molecular weight is 268 g/mol. The molecular formula is C14H21FN2O2. The van der Waals surface area contributed by atoms with Crippen molar-refractivity contribution >= 4 is 11.4 Å². The fraction of sp³-hybridized carbons (Fsp3) is 0.571. The van der Waals surface area contributed by atoms with E-state index in [1.807, 2.05) is 6.92 Å². The number of ether oxygens (including phenoxy) is 1. The maximum Gasteiger partial charge on any atom is 0.167 e. The lowest BCUT2D eigenvalue weighted by atomic mass is 10.1. The maximum absolute atomic E-state index is 13.6. The zero-order valence-corrected chi connectivity index (χ0v) is 11.2.